The Morgan fingerprint density at radius 1 is 1.12 bits per heavy atom. The molecule has 2 aliphatic heterocycles. The maximum atomic E-state index is 9.37. The van der Waals surface area contributed by atoms with Gasteiger partial charge in [0.15, 0.2) is 0 Å². The number of fused-ring (bicyclic) bond motifs is 2. The van der Waals surface area contributed by atoms with Crippen LogP contribution in [0.15, 0.2) is 54.7 Å². The van der Waals surface area contributed by atoms with Crippen LogP contribution in [0.25, 0.3) is 0 Å². The fourth-order valence-electron chi connectivity index (χ4n) is 6.12. The van der Waals surface area contributed by atoms with Gasteiger partial charge in [-0.1, -0.05) is 37.3 Å². The highest BCUT2D eigenvalue weighted by molar-refractivity contribution is 7.99. The Morgan fingerprint density at radius 3 is 2.45 bits per heavy atom. The van der Waals surface area contributed by atoms with Crippen LogP contribution in [0.1, 0.15) is 67.7 Å². The van der Waals surface area contributed by atoms with E-state index in [9.17, 15) is 5.26 Å². The van der Waals surface area contributed by atoms with Crippen molar-refractivity contribution < 1.29 is 0 Å². The standard InChI is InChI=1S/C29H35N3S/c1-21(5-6-23-7-10-25(11-8-23)29(33-3)13-4-14-29)32-17-15-28(16-18-32)22(2)31-27-12-9-24(20-30)19-26(27)28/h7-12,19,21,31H,2,4-6,13-18H2,1,3H3. The second-order valence-corrected chi connectivity index (χ2v) is 11.4. The van der Waals surface area contributed by atoms with E-state index in [1.165, 1.54) is 42.4 Å². The first kappa shape index (κ1) is 22.6. The molecule has 4 heteroatoms. The third kappa shape index (κ3) is 3.90. The van der Waals surface area contributed by atoms with E-state index in [1.807, 2.05) is 23.9 Å². The second kappa shape index (κ2) is 8.85. The number of allylic oxidation sites excluding steroid dienone is 1. The summed E-state index contributed by atoms with van der Waals surface area (Å²) >= 11 is 2.03. The number of nitrogens with one attached hydrogen (secondary N) is 1. The topological polar surface area (TPSA) is 39.1 Å². The quantitative estimate of drug-likeness (QED) is 0.531. The number of hydrogen-bond acceptors (Lipinski definition) is 4. The van der Waals surface area contributed by atoms with Gasteiger partial charge in [0.2, 0.25) is 0 Å². The number of hydrogen-bond donors (Lipinski definition) is 1. The molecule has 2 aromatic carbocycles. The van der Waals surface area contributed by atoms with Crippen LogP contribution in [0.2, 0.25) is 0 Å². The predicted molar refractivity (Wildman–Crippen MR) is 140 cm³/mol. The third-order valence-corrected chi connectivity index (χ3v) is 10.1. The van der Waals surface area contributed by atoms with Gasteiger partial charge in [0.05, 0.1) is 11.6 Å². The Morgan fingerprint density at radius 2 is 1.85 bits per heavy atom. The molecule has 33 heavy (non-hydrogen) atoms. The van der Waals surface area contributed by atoms with Crippen LogP contribution in [0.5, 0.6) is 0 Å². The van der Waals surface area contributed by atoms with Crippen molar-refractivity contribution in [3.8, 4) is 6.07 Å². The van der Waals surface area contributed by atoms with Gasteiger partial charge in [0.1, 0.15) is 0 Å². The van der Waals surface area contributed by atoms with Gasteiger partial charge in [-0.15, -0.1) is 0 Å². The maximum absolute atomic E-state index is 9.37. The molecule has 172 valence electrons. The number of nitrogens with zero attached hydrogens (tertiary/aromatic N) is 2. The molecule has 2 aromatic rings. The first-order chi connectivity index (χ1) is 16.0. The zero-order valence-electron chi connectivity index (χ0n) is 20.0. The average Bonchev–Trinajstić information content (AvgIpc) is 3.08. The Labute approximate surface area is 203 Å². The lowest BCUT2D eigenvalue weighted by molar-refractivity contribution is 0.133. The lowest BCUT2D eigenvalue weighted by Crippen LogP contribution is -2.46. The van der Waals surface area contributed by atoms with Crippen LogP contribution in [0.3, 0.4) is 0 Å². The third-order valence-electron chi connectivity index (χ3n) is 8.69. The molecule has 1 saturated heterocycles. The molecular weight excluding hydrogens is 422 g/mol. The first-order valence-corrected chi connectivity index (χ1v) is 13.6. The van der Waals surface area contributed by atoms with E-state index in [0.29, 0.717) is 10.8 Å². The van der Waals surface area contributed by atoms with Crippen molar-refractivity contribution in [2.75, 3.05) is 24.7 Å². The molecule has 0 bridgehead atoms. The largest absolute Gasteiger partial charge is 0.358 e. The van der Waals surface area contributed by atoms with Crippen LogP contribution >= 0.6 is 11.8 Å². The van der Waals surface area contributed by atoms with Crippen molar-refractivity contribution in [1.29, 1.82) is 5.26 Å². The molecule has 1 saturated carbocycles. The second-order valence-electron chi connectivity index (χ2n) is 10.2. The molecule has 3 nitrogen and oxygen atoms in total. The molecule has 2 heterocycles. The molecule has 0 aromatic heterocycles. The lowest BCUT2D eigenvalue weighted by Gasteiger charge is -2.42. The van der Waals surface area contributed by atoms with Crippen molar-refractivity contribution in [3.05, 3.63) is 77.0 Å². The summed E-state index contributed by atoms with van der Waals surface area (Å²) in [6.07, 6.45) is 10.7. The minimum atomic E-state index is -0.0248. The highest BCUT2D eigenvalue weighted by atomic mass is 32.2. The van der Waals surface area contributed by atoms with Crippen LogP contribution in [0, 0.1) is 11.3 Å². The van der Waals surface area contributed by atoms with Crippen molar-refractivity contribution in [2.24, 2.45) is 0 Å². The Balaban J connectivity index is 1.19. The van der Waals surface area contributed by atoms with Gasteiger partial charge in [-0.3, -0.25) is 0 Å². The summed E-state index contributed by atoms with van der Waals surface area (Å²) in [6.45, 7) is 8.91. The number of benzene rings is 2. The van der Waals surface area contributed by atoms with E-state index in [2.05, 4.69) is 66.4 Å². The van der Waals surface area contributed by atoms with Gasteiger partial charge < -0.3 is 10.2 Å². The summed E-state index contributed by atoms with van der Waals surface area (Å²) in [4.78, 5) is 2.65. The zero-order chi connectivity index (χ0) is 23.1. The monoisotopic (exact) mass is 457 g/mol. The Bertz CT molecular complexity index is 1060. The fraction of sp³-hybridized carbons (Fsp3) is 0.483. The van der Waals surface area contributed by atoms with E-state index >= 15 is 0 Å². The van der Waals surface area contributed by atoms with Crippen molar-refractivity contribution in [3.63, 3.8) is 0 Å². The number of rotatable bonds is 6. The normalized spacial score (nSPS) is 21.7. The number of thioether (sulfide) groups is 1. The minimum absolute atomic E-state index is 0.0248. The summed E-state index contributed by atoms with van der Waals surface area (Å²) < 4.78 is 0.390. The van der Waals surface area contributed by atoms with Crippen LogP contribution < -0.4 is 5.32 Å². The van der Waals surface area contributed by atoms with Gasteiger partial charge in [0, 0.05) is 27.6 Å². The molecule has 0 amide bonds. The van der Waals surface area contributed by atoms with Crippen LogP contribution in [-0.4, -0.2) is 30.3 Å². The van der Waals surface area contributed by atoms with Crippen molar-refractivity contribution in [2.45, 2.75) is 68.1 Å². The van der Waals surface area contributed by atoms with Gasteiger partial charge in [-0.2, -0.15) is 17.0 Å². The number of likely N-dealkylation sites (tertiary alicyclic amines) is 1. The number of nitriles is 1. The smallest absolute Gasteiger partial charge is 0.0991 e. The molecule has 1 aliphatic carbocycles. The summed E-state index contributed by atoms with van der Waals surface area (Å²) in [5, 5.41) is 12.9. The molecule has 3 aliphatic rings. The Hall–Kier alpha value is -2.22. The maximum Gasteiger partial charge on any atom is 0.0991 e. The molecule has 2 fully saturated rings. The van der Waals surface area contributed by atoms with E-state index in [4.69, 9.17) is 0 Å². The van der Waals surface area contributed by atoms with Crippen molar-refractivity contribution >= 4 is 17.4 Å². The zero-order valence-corrected chi connectivity index (χ0v) is 20.8. The minimum Gasteiger partial charge on any atom is -0.358 e. The van der Waals surface area contributed by atoms with Gasteiger partial charge in [-0.25, -0.2) is 0 Å². The van der Waals surface area contributed by atoms with E-state index in [-0.39, 0.29) is 5.41 Å². The highest BCUT2D eigenvalue weighted by Gasteiger charge is 2.45. The number of anilines is 1. The molecule has 1 spiro atoms. The highest BCUT2D eigenvalue weighted by Crippen LogP contribution is 2.51. The van der Waals surface area contributed by atoms with Gasteiger partial charge in [0.25, 0.3) is 0 Å². The predicted octanol–water partition coefficient (Wildman–Crippen LogP) is 6.59. The SMILES string of the molecule is C=C1Nc2ccc(C#N)cc2C12CCN(C(C)CCc1ccc(C3(SC)CCC3)cc1)CC2. The summed E-state index contributed by atoms with van der Waals surface area (Å²) in [5.74, 6) is 0. The van der Waals surface area contributed by atoms with Crippen LogP contribution in [-0.2, 0) is 16.6 Å². The lowest BCUT2D eigenvalue weighted by atomic mass is 9.72. The van der Waals surface area contributed by atoms with Gasteiger partial charge >= 0.3 is 0 Å². The average molecular weight is 458 g/mol. The number of aryl methyl sites for hydroxylation is 1. The van der Waals surface area contributed by atoms with E-state index in [1.54, 1.807) is 0 Å². The van der Waals surface area contributed by atoms with E-state index < -0.39 is 0 Å². The Kier molecular flexibility index (Phi) is 6.05. The summed E-state index contributed by atoms with van der Waals surface area (Å²) in [6, 6.07) is 18.4. The molecule has 1 N–H and O–H groups in total. The molecule has 5 rings (SSSR count). The van der Waals surface area contributed by atoms with Crippen molar-refractivity contribution in [1.82, 2.24) is 4.90 Å². The first-order valence-electron chi connectivity index (χ1n) is 12.4. The number of piperidine rings is 1. The fourth-order valence-corrected chi connectivity index (χ4v) is 7.19. The summed E-state index contributed by atoms with van der Waals surface area (Å²) in [7, 11) is 0. The van der Waals surface area contributed by atoms with E-state index in [0.717, 1.165) is 49.3 Å². The van der Waals surface area contributed by atoms with Crippen LogP contribution in [0.4, 0.5) is 5.69 Å². The van der Waals surface area contributed by atoms with Gasteiger partial charge in [-0.05, 0) is 99.7 Å². The molecule has 1 unspecified atom stereocenters. The summed E-state index contributed by atoms with van der Waals surface area (Å²) in [5.41, 5.74) is 7.21. The molecular formula is C29H35N3S. The molecule has 1 atom stereocenters. The molecule has 0 radical (unpaired) electrons.